The summed E-state index contributed by atoms with van der Waals surface area (Å²) in [6, 6.07) is 5.28. The molecule has 0 N–H and O–H groups in total. The van der Waals surface area contributed by atoms with Crippen molar-refractivity contribution in [1.82, 2.24) is 0 Å². The Bertz CT molecular complexity index is 670. The minimum atomic E-state index is -4.00. The molecule has 1 unspecified atom stereocenters. The Labute approximate surface area is 143 Å². The molecule has 8 heteroatoms. The van der Waals surface area contributed by atoms with Gasteiger partial charge in [-0.25, -0.2) is 0 Å². The maximum absolute atomic E-state index is 12.6. The first kappa shape index (κ1) is 20.7. The molecule has 0 radical (unpaired) electrons. The predicted molar refractivity (Wildman–Crippen MR) is 95.1 cm³/mol. The minimum Gasteiger partial charge on any atom is -0.324 e. The summed E-state index contributed by atoms with van der Waals surface area (Å²) in [7, 11) is -7.12. The molecular weight excluding hydrogens is 355 g/mol. The van der Waals surface area contributed by atoms with Crippen LogP contribution in [0.3, 0.4) is 0 Å². The van der Waals surface area contributed by atoms with E-state index in [1.54, 1.807) is 39.8 Å². The topological polar surface area (TPSA) is 69.7 Å². The van der Waals surface area contributed by atoms with E-state index in [1.807, 2.05) is 13.0 Å². The summed E-state index contributed by atoms with van der Waals surface area (Å²) in [5.74, 6) is 0.746. The zero-order valence-corrected chi connectivity index (χ0v) is 16.8. The normalized spacial score (nSPS) is 14.9. The molecule has 1 aromatic rings. The van der Waals surface area contributed by atoms with Crippen LogP contribution in [-0.4, -0.2) is 32.8 Å². The van der Waals surface area contributed by atoms with Gasteiger partial charge < -0.3 is 4.52 Å². The smallest absolute Gasteiger partial charge is 0.298 e. The number of benzene rings is 1. The molecule has 0 amide bonds. The standard InChI is InChI=1S/C15H25O5PS2/c1-6-21(16,20-12(3)4)11-19-23(17,18)15-13(5)9-8-10-14(15)22-7-2/h8-10,12H,6-7,11H2,1-5H3. The summed E-state index contributed by atoms with van der Waals surface area (Å²) >= 11 is 1.43. The molecule has 0 aromatic heterocycles. The average Bonchev–Trinajstić information content (AvgIpc) is 2.45. The van der Waals surface area contributed by atoms with Crippen LogP contribution in [-0.2, 0) is 23.4 Å². The summed E-state index contributed by atoms with van der Waals surface area (Å²) < 4.78 is 48.2. The molecule has 132 valence electrons. The van der Waals surface area contributed by atoms with E-state index in [2.05, 4.69) is 0 Å². The lowest BCUT2D eigenvalue weighted by Crippen LogP contribution is -2.14. The Morgan fingerprint density at radius 2 is 1.91 bits per heavy atom. The zero-order valence-electron chi connectivity index (χ0n) is 14.2. The molecule has 0 bridgehead atoms. The van der Waals surface area contributed by atoms with Gasteiger partial charge in [0.15, 0.2) is 0 Å². The molecule has 0 heterocycles. The molecule has 1 rings (SSSR count). The fourth-order valence-electron chi connectivity index (χ4n) is 2.00. The Morgan fingerprint density at radius 1 is 1.26 bits per heavy atom. The second-order valence-electron chi connectivity index (χ2n) is 5.32. The number of thioether (sulfide) groups is 1. The van der Waals surface area contributed by atoms with Crippen molar-refractivity contribution in [2.75, 3.05) is 18.3 Å². The maximum atomic E-state index is 12.6. The summed E-state index contributed by atoms with van der Waals surface area (Å²) in [4.78, 5) is 0.794. The highest BCUT2D eigenvalue weighted by Gasteiger charge is 2.29. The highest BCUT2D eigenvalue weighted by molar-refractivity contribution is 8.00. The van der Waals surface area contributed by atoms with Crippen molar-refractivity contribution in [2.45, 2.75) is 50.5 Å². The lowest BCUT2D eigenvalue weighted by atomic mass is 10.2. The van der Waals surface area contributed by atoms with Crippen LogP contribution in [0.2, 0.25) is 0 Å². The van der Waals surface area contributed by atoms with Crippen LogP contribution in [0.15, 0.2) is 28.0 Å². The first-order valence-corrected chi connectivity index (χ1v) is 11.9. The van der Waals surface area contributed by atoms with E-state index in [0.29, 0.717) is 10.5 Å². The summed E-state index contributed by atoms with van der Waals surface area (Å²) in [5, 5.41) is 0. The molecule has 0 saturated heterocycles. The van der Waals surface area contributed by atoms with Crippen LogP contribution in [0, 0.1) is 6.92 Å². The van der Waals surface area contributed by atoms with Gasteiger partial charge in [0.05, 0.1) is 6.10 Å². The molecule has 0 aliphatic carbocycles. The molecule has 0 saturated carbocycles. The molecule has 0 aliphatic heterocycles. The van der Waals surface area contributed by atoms with Gasteiger partial charge in [0.2, 0.25) is 7.37 Å². The van der Waals surface area contributed by atoms with Gasteiger partial charge in [-0.1, -0.05) is 26.0 Å². The van der Waals surface area contributed by atoms with E-state index in [4.69, 9.17) is 8.71 Å². The Morgan fingerprint density at radius 3 is 2.43 bits per heavy atom. The van der Waals surface area contributed by atoms with Crippen LogP contribution in [0.1, 0.15) is 33.3 Å². The van der Waals surface area contributed by atoms with Crippen molar-refractivity contribution in [3.8, 4) is 0 Å². The fraction of sp³-hybridized carbons (Fsp3) is 0.600. The van der Waals surface area contributed by atoms with E-state index in [9.17, 15) is 13.0 Å². The average molecular weight is 380 g/mol. The molecule has 0 fully saturated rings. The van der Waals surface area contributed by atoms with Gasteiger partial charge in [0.1, 0.15) is 11.2 Å². The molecule has 23 heavy (non-hydrogen) atoms. The Hall–Kier alpha value is -0.330. The third-order valence-electron chi connectivity index (χ3n) is 3.01. The quantitative estimate of drug-likeness (QED) is 0.357. The van der Waals surface area contributed by atoms with Gasteiger partial charge in [-0.15, -0.1) is 11.8 Å². The van der Waals surface area contributed by atoms with Crippen LogP contribution >= 0.6 is 19.1 Å². The van der Waals surface area contributed by atoms with Crippen LogP contribution < -0.4 is 0 Å². The minimum absolute atomic E-state index is 0.152. The molecule has 5 nitrogen and oxygen atoms in total. The molecule has 0 spiro atoms. The number of aryl methyl sites for hydroxylation is 1. The van der Waals surface area contributed by atoms with Gasteiger partial charge in [-0.3, -0.25) is 8.75 Å². The van der Waals surface area contributed by atoms with E-state index < -0.39 is 23.8 Å². The second kappa shape index (κ2) is 8.67. The number of hydrogen-bond donors (Lipinski definition) is 0. The maximum Gasteiger partial charge on any atom is 0.298 e. The van der Waals surface area contributed by atoms with Crippen LogP contribution in [0.4, 0.5) is 0 Å². The van der Waals surface area contributed by atoms with E-state index in [-0.39, 0.29) is 17.2 Å². The van der Waals surface area contributed by atoms with Gasteiger partial charge in [0.25, 0.3) is 10.1 Å². The van der Waals surface area contributed by atoms with Crippen LogP contribution in [0.25, 0.3) is 0 Å². The molecule has 1 aromatic carbocycles. The third-order valence-corrected chi connectivity index (χ3v) is 8.02. The summed E-state index contributed by atoms with van der Waals surface area (Å²) in [6.07, 6.45) is -0.462. The monoisotopic (exact) mass is 380 g/mol. The Kier molecular flexibility index (Phi) is 7.81. The lowest BCUT2D eigenvalue weighted by Gasteiger charge is -2.20. The molecular formula is C15H25O5PS2. The second-order valence-corrected chi connectivity index (χ2v) is 10.9. The van der Waals surface area contributed by atoms with Crippen LogP contribution in [0.5, 0.6) is 0 Å². The fourth-order valence-corrected chi connectivity index (χ4v) is 6.52. The highest BCUT2D eigenvalue weighted by Crippen LogP contribution is 2.48. The number of rotatable bonds is 9. The first-order chi connectivity index (χ1) is 10.6. The van der Waals surface area contributed by atoms with Gasteiger partial charge in [0, 0.05) is 11.1 Å². The van der Waals surface area contributed by atoms with E-state index in [1.165, 1.54) is 11.8 Å². The summed E-state index contributed by atoms with van der Waals surface area (Å²) in [5.41, 5.74) is 0.611. The van der Waals surface area contributed by atoms with Crippen molar-refractivity contribution in [3.63, 3.8) is 0 Å². The van der Waals surface area contributed by atoms with Crippen molar-refractivity contribution >= 4 is 29.2 Å². The van der Waals surface area contributed by atoms with E-state index in [0.717, 1.165) is 5.75 Å². The third kappa shape index (κ3) is 5.91. The molecule has 0 aliphatic rings. The van der Waals surface area contributed by atoms with Crippen molar-refractivity contribution < 1.29 is 21.7 Å². The van der Waals surface area contributed by atoms with Gasteiger partial charge >= 0.3 is 0 Å². The predicted octanol–water partition coefficient (Wildman–Crippen LogP) is 4.49. The van der Waals surface area contributed by atoms with Crippen molar-refractivity contribution in [2.24, 2.45) is 0 Å². The lowest BCUT2D eigenvalue weighted by molar-refractivity contribution is 0.228. The Balaban J connectivity index is 3.07. The summed E-state index contributed by atoms with van der Waals surface area (Å²) in [6.45, 7) is 8.89. The van der Waals surface area contributed by atoms with Crippen molar-refractivity contribution in [1.29, 1.82) is 0 Å². The van der Waals surface area contributed by atoms with Crippen molar-refractivity contribution in [3.05, 3.63) is 23.8 Å². The SMILES string of the molecule is CCSc1cccc(C)c1S(=O)(=O)OCP(=O)(CC)OC(C)C. The largest absolute Gasteiger partial charge is 0.324 e. The first-order valence-electron chi connectivity index (χ1n) is 7.53. The zero-order chi connectivity index (χ0) is 17.7. The molecule has 1 atom stereocenters. The van der Waals surface area contributed by atoms with Gasteiger partial charge in [-0.2, -0.15) is 8.42 Å². The highest BCUT2D eigenvalue weighted by atomic mass is 32.2. The van der Waals surface area contributed by atoms with Gasteiger partial charge in [-0.05, 0) is 38.2 Å². The van der Waals surface area contributed by atoms with E-state index >= 15 is 0 Å². The number of hydrogen-bond acceptors (Lipinski definition) is 6.